The number of rotatable bonds is 2. The standard InChI is InChI=1S/C20H19N3O3/c1-13-5-6-15-17(11-13)22-20(26)16(12-21)19(15)23-9-7-14(8-10-23)3-2-4-18(24)25/h5-6,11,14H,3,7-10H2,1H3,(H,22,26)(H,24,25). The molecule has 0 unspecified atom stereocenters. The zero-order chi connectivity index (χ0) is 18.7. The number of pyridine rings is 1. The molecule has 1 aliphatic rings. The number of carbonyl (C=O) groups is 1. The number of aliphatic carboxylic acids is 1. The van der Waals surface area contributed by atoms with E-state index in [1.54, 1.807) is 0 Å². The molecule has 0 aliphatic carbocycles. The third-order valence-electron chi connectivity index (χ3n) is 4.77. The molecule has 1 saturated heterocycles. The second-order valence-electron chi connectivity index (χ2n) is 6.58. The first-order valence-electron chi connectivity index (χ1n) is 8.53. The average Bonchev–Trinajstić information content (AvgIpc) is 2.61. The van der Waals surface area contributed by atoms with Crippen molar-refractivity contribution < 1.29 is 9.90 Å². The predicted octanol–water partition coefficient (Wildman–Crippen LogP) is 2.40. The number of hydrogen-bond donors (Lipinski definition) is 2. The van der Waals surface area contributed by atoms with Gasteiger partial charge in [0.2, 0.25) is 0 Å². The Labute approximate surface area is 151 Å². The maximum absolute atomic E-state index is 12.3. The fourth-order valence-electron chi connectivity index (χ4n) is 3.46. The lowest BCUT2D eigenvalue weighted by molar-refractivity contribution is -0.130. The lowest BCUT2D eigenvalue weighted by atomic mass is 9.92. The molecule has 26 heavy (non-hydrogen) atoms. The maximum Gasteiger partial charge on any atom is 0.381 e. The van der Waals surface area contributed by atoms with E-state index in [0.717, 1.165) is 29.3 Å². The van der Waals surface area contributed by atoms with Crippen LogP contribution in [0.15, 0.2) is 23.0 Å². The summed E-state index contributed by atoms with van der Waals surface area (Å²) in [5, 5.41) is 19.0. The van der Waals surface area contributed by atoms with Crippen molar-refractivity contribution in [3.05, 3.63) is 39.7 Å². The summed E-state index contributed by atoms with van der Waals surface area (Å²) in [6.07, 6.45) is 2.25. The van der Waals surface area contributed by atoms with Gasteiger partial charge in [0.05, 0.1) is 11.2 Å². The van der Waals surface area contributed by atoms with E-state index in [2.05, 4.69) is 27.8 Å². The molecule has 2 heterocycles. The Balaban J connectivity index is 1.90. The molecule has 0 radical (unpaired) electrons. The van der Waals surface area contributed by atoms with E-state index >= 15 is 0 Å². The molecule has 1 aromatic carbocycles. The van der Waals surface area contributed by atoms with Crippen molar-refractivity contribution in [1.29, 1.82) is 5.26 Å². The number of aromatic amines is 1. The van der Waals surface area contributed by atoms with E-state index in [-0.39, 0.29) is 11.1 Å². The predicted molar refractivity (Wildman–Crippen MR) is 99.0 cm³/mol. The van der Waals surface area contributed by atoms with Crippen LogP contribution in [0.4, 0.5) is 5.69 Å². The van der Waals surface area contributed by atoms with Crippen molar-refractivity contribution in [3.8, 4) is 17.9 Å². The number of nitrogens with zero attached hydrogens (tertiary/aromatic N) is 2. The van der Waals surface area contributed by atoms with Crippen LogP contribution in [-0.2, 0) is 4.79 Å². The first-order chi connectivity index (χ1) is 12.5. The van der Waals surface area contributed by atoms with Crippen molar-refractivity contribution >= 4 is 22.6 Å². The molecule has 0 saturated carbocycles. The Morgan fingerprint density at radius 3 is 2.77 bits per heavy atom. The van der Waals surface area contributed by atoms with E-state index in [0.29, 0.717) is 31.1 Å². The van der Waals surface area contributed by atoms with Gasteiger partial charge in [-0.15, -0.1) is 0 Å². The third-order valence-corrected chi connectivity index (χ3v) is 4.77. The van der Waals surface area contributed by atoms with Crippen LogP contribution in [0.3, 0.4) is 0 Å². The highest BCUT2D eigenvalue weighted by atomic mass is 16.4. The monoisotopic (exact) mass is 349 g/mol. The second kappa shape index (κ2) is 7.33. The van der Waals surface area contributed by atoms with E-state index in [1.165, 1.54) is 0 Å². The summed E-state index contributed by atoms with van der Waals surface area (Å²) >= 11 is 0. The van der Waals surface area contributed by atoms with Gasteiger partial charge in [0.1, 0.15) is 11.6 Å². The van der Waals surface area contributed by atoms with E-state index < -0.39 is 5.97 Å². The van der Waals surface area contributed by atoms with Gasteiger partial charge in [-0.3, -0.25) is 4.79 Å². The van der Waals surface area contributed by atoms with Gasteiger partial charge in [-0.1, -0.05) is 18.1 Å². The minimum Gasteiger partial charge on any atom is -0.472 e. The van der Waals surface area contributed by atoms with Crippen molar-refractivity contribution in [2.75, 3.05) is 18.0 Å². The van der Waals surface area contributed by atoms with Crippen LogP contribution in [0.5, 0.6) is 0 Å². The summed E-state index contributed by atoms with van der Waals surface area (Å²) in [5.41, 5.74) is 2.25. The highest BCUT2D eigenvalue weighted by Gasteiger charge is 2.24. The average molecular weight is 349 g/mol. The second-order valence-corrected chi connectivity index (χ2v) is 6.58. The van der Waals surface area contributed by atoms with Gasteiger partial charge in [0.25, 0.3) is 5.56 Å². The zero-order valence-electron chi connectivity index (χ0n) is 14.5. The molecule has 0 atom stereocenters. The van der Waals surface area contributed by atoms with E-state index in [9.17, 15) is 14.9 Å². The molecule has 1 fully saturated rings. The molecule has 132 valence electrons. The summed E-state index contributed by atoms with van der Waals surface area (Å²) < 4.78 is 0. The van der Waals surface area contributed by atoms with Gasteiger partial charge in [-0.25, -0.2) is 4.79 Å². The molecule has 6 nitrogen and oxygen atoms in total. The van der Waals surface area contributed by atoms with Crippen LogP contribution >= 0.6 is 0 Å². The fraction of sp³-hybridized carbons (Fsp3) is 0.350. The van der Waals surface area contributed by atoms with Crippen LogP contribution in [0.1, 0.15) is 30.4 Å². The highest BCUT2D eigenvalue weighted by Crippen LogP contribution is 2.32. The van der Waals surface area contributed by atoms with Gasteiger partial charge in [-0.05, 0) is 37.3 Å². The number of hydrogen-bond acceptors (Lipinski definition) is 4. The van der Waals surface area contributed by atoms with Gasteiger partial charge in [0.15, 0.2) is 0 Å². The number of nitriles is 1. The summed E-state index contributed by atoms with van der Waals surface area (Å²) in [6.45, 7) is 3.38. The Bertz CT molecular complexity index is 1010. The number of carboxylic acid groups (broad SMARTS) is 1. The lowest BCUT2D eigenvalue weighted by Gasteiger charge is -2.34. The first kappa shape index (κ1) is 17.6. The van der Waals surface area contributed by atoms with Crippen molar-refractivity contribution in [2.24, 2.45) is 5.92 Å². The largest absolute Gasteiger partial charge is 0.472 e. The fourth-order valence-corrected chi connectivity index (χ4v) is 3.46. The van der Waals surface area contributed by atoms with Crippen molar-refractivity contribution in [2.45, 2.75) is 26.2 Å². The smallest absolute Gasteiger partial charge is 0.381 e. The number of fused-ring (bicyclic) bond motifs is 1. The lowest BCUT2D eigenvalue weighted by Crippen LogP contribution is -2.35. The normalized spacial score (nSPS) is 14.5. The van der Waals surface area contributed by atoms with E-state index in [4.69, 9.17) is 5.11 Å². The minimum absolute atomic E-state index is 0.144. The number of benzene rings is 1. The molecule has 0 bridgehead atoms. The Morgan fingerprint density at radius 2 is 2.12 bits per heavy atom. The molecule has 2 aromatic rings. The topological polar surface area (TPSA) is 97.2 Å². The van der Waals surface area contributed by atoms with Crippen LogP contribution in [-0.4, -0.2) is 29.1 Å². The highest BCUT2D eigenvalue weighted by molar-refractivity contribution is 5.94. The van der Waals surface area contributed by atoms with Gasteiger partial charge < -0.3 is 15.0 Å². The summed E-state index contributed by atoms with van der Waals surface area (Å²) in [7, 11) is 0. The molecule has 2 N–H and O–H groups in total. The molecule has 0 amide bonds. The molecule has 1 aromatic heterocycles. The quantitative estimate of drug-likeness (QED) is 0.812. The SMILES string of the molecule is Cc1ccc2c(N3CCC(CC#CC(=O)O)CC3)c(C#N)c(=O)[nH]c2c1. The van der Waals surface area contributed by atoms with Crippen molar-refractivity contribution in [1.82, 2.24) is 4.98 Å². The summed E-state index contributed by atoms with van der Waals surface area (Å²) in [5.74, 6) is 4.08. The number of nitrogens with one attached hydrogen (secondary N) is 1. The van der Waals surface area contributed by atoms with Crippen molar-refractivity contribution in [3.63, 3.8) is 0 Å². The number of aryl methyl sites for hydroxylation is 1. The maximum atomic E-state index is 12.3. The Hall–Kier alpha value is -3.25. The van der Waals surface area contributed by atoms with Gasteiger partial charge in [0, 0.05) is 30.8 Å². The van der Waals surface area contributed by atoms with Gasteiger partial charge >= 0.3 is 5.97 Å². The van der Waals surface area contributed by atoms with Crippen LogP contribution in [0.25, 0.3) is 10.9 Å². The Morgan fingerprint density at radius 1 is 1.38 bits per heavy atom. The Kier molecular flexibility index (Phi) is 4.95. The molecule has 1 aliphatic heterocycles. The summed E-state index contributed by atoms with van der Waals surface area (Å²) in [4.78, 5) is 27.7. The molecular weight excluding hydrogens is 330 g/mol. The van der Waals surface area contributed by atoms with Crippen LogP contribution < -0.4 is 10.5 Å². The number of piperidine rings is 1. The van der Waals surface area contributed by atoms with Crippen LogP contribution in [0, 0.1) is 36.0 Å². The third kappa shape index (κ3) is 3.55. The molecule has 3 rings (SSSR count). The molecule has 6 heteroatoms. The molecule has 0 spiro atoms. The summed E-state index contributed by atoms with van der Waals surface area (Å²) in [6, 6.07) is 7.88. The number of H-pyrrole nitrogens is 1. The van der Waals surface area contributed by atoms with Crippen LogP contribution in [0.2, 0.25) is 0 Å². The van der Waals surface area contributed by atoms with E-state index in [1.807, 2.05) is 25.1 Å². The van der Waals surface area contributed by atoms with Gasteiger partial charge in [-0.2, -0.15) is 5.26 Å². The zero-order valence-corrected chi connectivity index (χ0v) is 14.5. The number of aromatic nitrogens is 1. The number of anilines is 1. The first-order valence-corrected chi connectivity index (χ1v) is 8.53. The minimum atomic E-state index is -1.11. The molecular formula is C20H19N3O3. The number of carboxylic acids is 1.